The molecule has 0 saturated heterocycles. The van der Waals surface area contributed by atoms with E-state index in [1.165, 1.54) is 19.2 Å². The second-order valence-electron chi connectivity index (χ2n) is 4.40. The molecular formula is C13H20N2O3S. The van der Waals surface area contributed by atoms with Crippen molar-refractivity contribution in [3.05, 3.63) is 29.8 Å². The first-order valence-corrected chi connectivity index (χ1v) is 7.73. The maximum atomic E-state index is 12.0. The highest BCUT2D eigenvalue weighted by molar-refractivity contribution is 7.89. The van der Waals surface area contributed by atoms with Gasteiger partial charge in [-0.25, -0.2) is 13.1 Å². The molecule has 1 unspecified atom stereocenters. The Morgan fingerprint density at radius 2 is 2.05 bits per heavy atom. The number of hydrogen-bond donors (Lipinski definition) is 2. The van der Waals surface area contributed by atoms with Crippen LogP contribution in [0.1, 0.15) is 37.0 Å². The summed E-state index contributed by atoms with van der Waals surface area (Å²) in [4.78, 5) is 12.1. The lowest BCUT2D eigenvalue weighted by Gasteiger charge is -2.13. The number of amides is 1. The summed E-state index contributed by atoms with van der Waals surface area (Å²) in [7, 11) is -2.18. The minimum atomic E-state index is -3.52. The Kier molecular flexibility index (Phi) is 5.50. The van der Waals surface area contributed by atoms with E-state index in [0.29, 0.717) is 5.56 Å². The summed E-state index contributed by atoms with van der Waals surface area (Å²) >= 11 is 0. The molecule has 106 valence electrons. The Bertz CT molecular complexity index is 541. The smallest absolute Gasteiger partial charge is 0.251 e. The van der Waals surface area contributed by atoms with Gasteiger partial charge in [0.05, 0.1) is 4.90 Å². The molecule has 0 spiro atoms. The minimum absolute atomic E-state index is 0.0714. The number of carbonyl (C=O) groups excluding carboxylic acids is 1. The fourth-order valence-electron chi connectivity index (χ4n) is 1.73. The van der Waals surface area contributed by atoms with Crippen molar-refractivity contribution in [2.45, 2.75) is 37.6 Å². The largest absolute Gasteiger partial charge is 0.350 e. The van der Waals surface area contributed by atoms with Gasteiger partial charge in [-0.1, -0.05) is 19.4 Å². The molecule has 0 saturated carbocycles. The molecule has 0 fully saturated rings. The second-order valence-corrected chi connectivity index (χ2v) is 6.29. The zero-order valence-electron chi connectivity index (χ0n) is 11.4. The van der Waals surface area contributed by atoms with Gasteiger partial charge in [0.2, 0.25) is 10.0 Å². The predicted octanol–water partition coefficient (Wildman–Crippen LogP) is 1.51. The summed E-state index contributed by atoms with van der Waals surface area (Å²) in [5, 5.41) is 2.84. The number of sulfonamides is 1. The summed E-state index contributed by atoms with van der Waals surface area (Å²) in [5.74, 6) is -0.255. The van der Waals surface area contributed by atoms with E-state index < -0.39 is 10.0 Å². The van der Waals surface area contributed by atoms with Gasteiger partial charge in [-0.3, -0.25) is 4.79 Å². The molecule has 0 aromatic heterocycles. The summed E-state index contributed by atoms with van der Waals surface area (Å²) in [6.45, 7) is 3.97. The Morgan fingerprint density at radius 3 is 2.63 bits per heavy atom. The van der Waals surface area contributed by atoms with Crippen LogP contribution in [0.2, 0.25) is 0 Å². The average Bonchev–Trinajstić information content (AvgIpc) is 2.39. The molecule has 1 rings (SSSR count). The minimum Gasteiger partial charge on any atom is -0.350 e. The lowest BCUT2D eigenvalue weighted by molar-refractivity contribution is 0.0938. The molecule has 0 aliphatic heterocycles. The van der Waals surface area contributed by atoms with Gasteiger partial charge in [0.25, 0.3) is 5.91 Å². The highest BCUT2D eigenvalue weighted by atomic mass is 32.2. The molecule has 1 atom stereocenters. The van der Waals surface area contributed by atoms with Gasteiger partial charge in [0, 0.05) is 11.6 Å². The van der Waals surface area contributed by atoms with Gasteiger partial charge in [0.15, 0.2) is 0 Å². The fraction of sp³-hybridized carbons (Fsp3) is 0.462. The number of benzene rings is 1. The highest BCUT2D eigenvalue weighted by Crippen LogP contribution is 2.11. The van der Waals surface area contributed by atoms with Crippen molar-refractivity contribution in [1.82, 2.24) is 10.0 Å². The quantitative estimate of drug-likeness (QED) is 0.831. The summed E-state index contributed by atoms with van der Waals surface area (Å²) < 4.78 is 25.5. The van der Waals surface area contributed by atoms with Crippen molar-refractivity contribution in [2.75, 3.05) is 7.05 Å². The second kappa shape index (κ2) is 6.68. The standard InChI is InChI=1S/C13H20N2O3S/c1-4-6-10(2)15-13(16)11-7-5-8-12(9-11)19(17,18)14-3/h5,7-10,14H,4,6H2,1-3H3,(H,15,16). The molecule has 2 N–H and O–H groups in total. The Labute approximate surface area is 114 Å². The maximum Gasteiger partial charge on any atom is 0.251 e. The molecule has 19 heavy (non-hydrogen) atoms. The van der Waals surface area contributed by atoms with Gasteiger partial charge in [0.1, 0.15) is 0 Å². The van der Waals surface area contributed by atoms with Crippen LogP contribution in [-0.2, 0) is 10.0 Å². The van der Waals surface area contributed by atoms with E-state index >= 15 is 0 Å². The Balaban J connectivity index is 2.91. The van der Waals surface area contributed by atoms with Crippen molar-refractivity contribution in [3.8, 4) is 0 Å². The van der Waals surface area contributed by atoms with E-state index in [0.717, 1.165) is 12.8 Å². The van der Waals surface area contributed by atoms with Crippen LogP contribution in [0.25, 0.3) is 0 Å². The van der Waals surface area contributed by atoms with Gasteiger partial charge < -0.3 is 5.32 Å². The molecule has 1 amide bonds. The van der Waals surface area contributed by atoms with Gasteiger partial charge in [-0.2, -0.15) is 0 Å². The van der Waals surface area contributed by atoms with Crippen molar-refractivity contribution in [2.24, 2.45) is 0 Å². The molecule has 5 nitrogen and oxygen atoms in total. The maximum absolute atomic E-state index is 12.0. The van der Waals surface area contributed by atoms with Crippen LogP contribution in [-0.4, -0.2) is 27.4 Å². The van der Waals surface area contributed by atoms with Crippen LogP contribution < -0.4 is 10.0 Å². The lowest BCUT2D eigenvalue weighted by Crippen LogP contribution is -2.32. The van der Waals surface area contributed by atoms with Crippen molar-refractivity contribution < 1.29 is 13.2 Å². The molecule has 0 aliphatic rings. The molecule has 0 radical (unpaired) electrons. The van der Waals surface area contributed by atoms with Crippen LogP contribution >= 0.6 is 0 Å². The van der Waals surface area contributed by atoms with E-state index in [1.807, 2.05) is 13.8 Å². The third-order valence-corrected chi connectivity index (χ3v) is 4.19. The number of carbonyl (C=O) groups is 1. The molecule has 0 aliphatic carbocycles. The molecule has 6 heteroatoms. The number of rotatable bonds is 6. The van der Waals surface area contributed by atoms with E-state index in [2.05, 4.69) is 10.0 Å². The average molecular weight is 284 g/mol. The van der Waals surface area contributed by atoms with Crippen LogP contribution in [0.3, 0.4) is 0 Å². The first-order valence-electron chi connectivity index (χ1n) is 6.25. The number of nitrogens with one attached hydrogen (secondary N) is 2. The lowest BCUT2D eigenvalue weighted by atomic mass is 10.1. The predicted molar refractivity (Wildman–Crippen MR) is 74.5 cm³/mol. The van der Waals surface area contributed by atoms with Crippen LogP contribution in [0.15, 0.2) is 29.2 Å². The SMILES string of the molecule is CCCC(C)NC(=O)c1cccc(S(=O)(=O)NC)c1. The van der Waals surface area contributed by atoms with Crippen molar-refractivity contribution >= 4 is 15.9 Å². The third kappa shape index (κ3) is 4.33. The first-order chi connectivity index (χ1) is 8.90. The van der Waals surface area contributed by atoms with E-state index in [9.17, 15) is 13.2 Å². The zero-order valence-corrected chi connectivity index (χ0v) is 12.3. The highest BCUT2D eigenvalue weighted by Gasteiger charge is 2.15. The van der Waals surface area contributed by atoms with Crippen molar-refractivity contribution in [3.63, 3.8) is 0 Å². The zero-order chi connectivity index (χ0) is 14.5. The van der Waals surface area contributed by atoms with E-state index in [1.54, 1.807) is 12.1 Å². The molecule has 1 aromatic carbocycles. The molecule has 1 aromatic rings. The number of hydrogen-bond acceptors (Lipinski definition) is 3. The van der Waals surface area contributed by atoms with E-state index in [-0.39, 0.29) is 16.8 Å². The van der Waals surface area contributed by atoms with Crippen molar-refractivity contribution in [1.29, 1.82) is 0 Å². The van der Waals surface area contributed by atoms with Gasteiger partial charge in [-0.05, 0) is 38.6 Å². The normalized spacial score (nSPS) is 13.0. The fourth-order valence-corrected chi connectivity index (χ4v) is 2.51. The monoisotopic (exact) mass is 284 g/mol. The summed E-state index contributed by atoms with van der Waals surface area (Å²) in [6.07, 6.45) is 1.87. The third-order valence-electron chi connectivity index (χ3n) is 2.77. The Hall–Kier alpha value is -1.40. The summed E-state index contributed by atoms with van der Waals surface area (Å²) in [5.41, 5.74) is 0.347. The topological polar surface area (TPSA) is 75.3 Å². The van der Waals surface area contributed by atoms with Crippen LogP contribution in [0.5, 0.6) is 0 Å². The molecular weight excluding hydrogens is 264 g/mol. The summed E-state index contributed by atoms with van der Waals surface area (Å²) in [6, 6.07) is 6.06. The molecule has 0 bridgehead atoms. The van der Waals surface area contributed by atoms with Crippen LogP contribution in [0.4, 0.5) is 0 Å². The van der Waals surface area contributed by atoms with Gasteiger partial charge >= 0.3 is 0 Å². The molecule has 0 heterocycles. The van der Waals surface area contributed by atoms with E-state index in [4.69, 9.17) is 0 Å². The first kappa shape index (κ1) is 15.7. The van der Waals surface area contributed by atoms with Gasteiger partial charge in [-0.15, -0.1) is 0 Å². The Morgan fingerprint density at radius 1 is 1.37 bits per heavy atom. The van der Waals surface area contributed by atoms with Crippen LogP contribution in [0, 0.1) is 0 Å².